The molecule has 0 amide bonds. The molecule has 1 fully saturated rings. The molecule has 53 heavy (non-hydrogen) atoms. The first-order chi connectivity index (χ1) is 24.8. The third-order valence-corrected chi connectivity index (χ3v) is 9.94. The van der Waals surface area contributed by atoms with E-state index in [4.69, 9.17) is 4.74 Å². The van der Waals surface area contributed by atoms with Crippen molar-refractivity contribution >= 4 is 29.4 Å². The maximum absolute atomic E-state index is 14.1. The van der Waals surface area contributed by atoms with E-state index in [0.29, 0.717) is 69.0 Å². The van der Waals surface area contributed by atoms with E-state index in [2.05, 4.69) is 9.97 Å². The molecule has 0 unspecified atom stereocenters. The first-order valence-corrected chi connectivity index (χ1v) is 18.4. The predicted octanol–water partition coefficient (Wildman–Crippen LogP) is 10.1. The summed E-state index contributed by atoms with van der Waals surface area (Å²) in [4.78, 5) is 22.9. The van der Waals surface area contributed by atoms with Crippen LogP contribution in [-0.4, -0.2) is 52.7 Å². The average molecular weight is 781 g/mol. The lowest BCUT2D eigenvalue weighted by Gasteiger charge is -2.36. The van der Waals surface area contributed by atoms with Crippen LogP contribution in [0.1, 0.15) is 79.8 Å². The van der Waals surface area contributed by atoms with Gasteiger partial charge in [0.25, 0.3) is 0 Å². The van der Waals surface area contributed by atoms with E-state index < -0.39 is 59.3 Å². The molecule has 0 saturated heterocycles. The van der Waals surface area contributed by atoms with Gasteiger partial charge in [0.05, 0.1) is 41.7 Å². The van der Waals surface area contributed by atoms with Crippen LogP contribution >= 0.6 is 11.8 Å². The van der Waals surface area contributed by atoms with E-state index in [-0.39, 0.29) is 41.6 Å². The molecule has 0 spiro atoms. The van der Waals surface area contributed by atoms with Crippen LogP contribution in [0.4, 0.5) is 51.1 Å². The first-order valence-electron chi connectivity index (χ1n) is 17.0. The molecule has 0 radical (unpaired) electrons. The Morgan fingerprint density at radius 2 is 1.45 bits per heavy atom. The molecule has 0 bridgehead atoms. The summed E-state index contributed by atoms with van der Waals surface area (Å²) in [6.45, 7) is 3.83. The zero-order valence-corrected chi connectivity index (χ0v) is 30.1. The van der Waals surface area contributed by atoms with E-state index in [1.807, 2.05) is 18.1 Å². The van der Waals surface area contributed by atoms with Crippen LogP contribution in [0.3, 0.4) is 0 Å². The first kappa shape index (κ1) is 41.9. The average Bonchev–Trinajstić information content (AvgIpc) is 3.09. The molecule has 1 atom stereocenters. The van der Waals surface area contributed by atoms with E-state index >= 15 is 0 Å². The molecule has 3 aromatic rings. The maximum atomic E-state index is 14.1. The lowest BCUT2D eigenvalue weighted by molar-refractivity contribution is -0.143. The summed E-state index contributed by atoms with van der Waals surface area (Å²) in [5.41, 5.74) is -3.99. The van der Waals surface area contributed by atoms with Gasteiger partial charge in [-0.15, -0.1) is 0 Å². The van der Waals surface area contributed by atoms with Crippen LogP contribution in [0.15, 0.2) is 48.8 Å². The molecule has 2 aromatic carbocycles. The maximum Gasteiger partial charge on any atom is 0.416 e. The van der Waals surface area contributed by atoms with Gasteiger partial charge in [0, 0.05) is 37.5 Å². The number of aromatic nitrogens is 2. The highest BCUT2D eigenvalue weighted by molar-refractivity contribution is 7.98. The molecule has 1 aliphatic carbocycles. The van der Waals surface area contributed by atoms with Crippen molar-refractivity contribution in [2.75, 3.05) is 41.5 Å². The van der Waals surface area contributed by atoms with Crippen LogP contribution < -0.4 is 14.5 Å². The van der Waals surface area contributed by atoms with Crippen molar-refractivity contribution in [2.24, 2.45) is 11.8 Å². The third-order valence-electron chi connectivity index (χ3n) is 9.37. The summed E-state index contributed by atoms with van der Waals surface area (Å²) in [5, 5.41) is 9.19. The van der Waals surface area contributed by atoms with Gasteiger partial charge in [-0.25, -0.2) is 9.97 Å². The third kappa shape index (κ3) is 11.5. The van der Waals surface area contributed by atoms with Crippen LogP contribution in [0, 0.1) is 11.8 Å². The number of nitrogens with zero attached hydrogens (tertiary/aromatic N) is 4. The Balaban J connectivity index is 1.80. The molecule has 1 aliphatic rings. The van der Waals surface area contributed by atoms with Crippen molar-refractivity contribution in [3.8, 4) is 5.75 Å². The van der Waals surface area contributed by atoms with Crippen molar-refractivity contribution in [2.45, 2.75) is 77.1 Å². The molecule has 0 aliphatic heterocycles. The molecule has 1 saturated carbocycles. The Morgan fingerprint density at radius 1 is 0.887 bits per heavy atom. The summed E-state index contributed by atoms with van der Waals surface area (Å²) in [6, 6.07) is 3.04. The Kier molecular flexibility index (Phi) is 13.8. The summed E-state index contributed by atoms with van der Waals surface area (Å²) < 4.78 is 131. The van der Waals surface area contributed by atoms with Gasteiger partial charge in [-0.3, -0.25) is 4.79 Å². The highest BCUT2D eigenvalue weighted by Gasteiger charge is 2.38. The fourth-order valence-electron chi connectivity index (χ4n) is 6.51. The monoisotopic (exact) mass is 780 g/mol. The van der Waals surface area contributed by atoms with Gasteiger partial charge in [-0.05, 0) is 105 Å². The zero-order chi connectivity index (χ0) is 39.1. The second-order valence-corrected chi connectivity index (χ2v) is 14.1. The van der Waals surface area contributed by atoms with Gasteiger partial charge in [-0.1, -0.05) is 0 Å². The van der Waals surface area contributed by atoms with E-state index in [0.717, 1.165) is 12.1 Å². The lowest BCUT2D eigenvalue weighted by Crippen LogP contribution is -2.34. The summed E-state index contributed by atoms with van der Waals surface area (Å²) in [6.07, 6.45) is -7.74. The van der Waals surface area contributed by atoms with Gasteiger partial charge >= 0.3 is 24.5 Å². The lowest BCUT2D eigenvalue weighted by atomic mass is 9.80. The number of carboxylic acids is 1. The Morgan fingerprint density at radius 3 is 1.96 bits per heavy atom. The minimum absolute atomic E-state index is 0.0109. The molecular weight excluding hydrogens is 739 g/mol. The van der Waals surface area contributed by atoms with E-state index in [9.17, 15) is 49.4 Å². The fraction of sp³-hybridized carbons (Fsp3) is 0.528. The number of hydrogen-bond donors (Lipinski definition) is 1. The molecule has 292 valence electrons. The smallest absolute Gasteiger partial charge is 0.416 e. The van der Waals surface area contributed by atoms with E-state index in [1.54, 1.807) is 0 Å². The van der Waals surface area contributed by atoms with Crippen molar-refractivity contribution in [1.29, 1.82) is 0 Å². The number of thioether (sulfide) groups is 1. The van der Waals surface area contributed by atoms with Crippen LogP contribution in [0.2, 0.25) is 0 Å². The largest absolute Gasteiger partial charge is 0.489 e. The van der Waals surface area contributed by atoms with Crippen LogP contribution in [0.25, 0.3) is 0 Å². The minimum Gasteiger partial charge on any atom is -0.489 e. The number of halogens is 9. The summed E-state index contributed by atoms with van der Waals surface area (Å²) in [7, 11) is 0. The highest BCUT2D eigenvalue weighted by atomic mass is 32.2. The van der Waals surface area contributed by atoms with Crippen LogP contribution in [0.5, 0.6) is 5.75 Å². The number of aliphatic carboxylic acids is 1. The van der Waals surface area contributed by atoms with Crippen molar-refractivity contribution in [1.82, 2.24) is 9.97 Å². The number of carboxylic acid groups (broad SMARTS) is 1. The number of anilines is 2. The predicted molar refractivity (Wildman–Crippen MR) is 184 cm³/mol. The van der Waals surface area contributed by atoms with Gasteiger partial charge in [0.1, 0.15) is 0 Å². The zero-order valence-electron chi connectivity index (χ0n) is 29.3. The number of hydrogen-bond acceptors (Lipinski definition) is 7. The van der Waals surface area contributed by atoms with Gasteiger partial charge < -0.3 is 19.6 Å². The van der Waals surface area contributed by atoms with Crippen LogP contribution in [-0.2, 0) is 29.9 Å². The number of alkyl halides is 9. The highest BCUT2D eigenvalue weighted by Crippen LogP contribution is 2.41. The van der Waals surface area contributed by atoms with Gasteiger partial charge in [0.2, 0.25) is 5.95 Å². The van der Waals surface area contributed by atoms with Gasteiger partial charge in [-0.2, -0.15) is 51.3 Å². The quantitative estimate of drug-likeness (QED) is 0.121. The molecule has 1 heterocycles. The van der Waals surface area contributed by atoms with Gasteiger partial charge in [0.15, 0.2) is 5.75 Å². The number of benzene rings is 2. The Hall–Kier alpha value is -3.89. The summed E-state index contributed by atoms with van der Waals surface area (Å²) >= 11 is 1.52. The second-order valence-electron chi connectivity index (χ2n) is 13.1. The summed E-state index contributed by atoms with van der Waals surface area (Å²) in [5.74, 6) is -0.0200. The molecule has 4 rings (SSSR count). The number of carbonyl (C=O) groups is 1. The van der Waals surface area contributed by atoms with Crippen molar-refractivity contribution in [3.63, 3.8) is 0 Å². The van der Waals surface area contributed by atoms with Crippen molar-refractivity contribution < 1.29 is 54.2 Å². The molecule has 1 aromatic heterocycles. The number of rotatable bonds is 15. The Bertz CT molecular complexity index is 1630. The topological polar surface area (TPSA) is 78.8 Å². The Labute approximate surface area is 305 Å². The SMILES string of the molecule is CCN(CC1CCC(CC(=O)O)CC1)c1ccc(C(F)(F)F)cc1CN(c1ncc(OCCSC)cn1)[C@H](C)c1cc(C(F)(F)F)cc(C(F)(F)F)c1. The standard InChI is InChI=1S/C36H41F9N4O3S/c1-4-48(20-24-7-5-23(6-8-24)13-32(50)51)31-10-9-27(34(37,38)39)16-26(31)21-49(33-46-18-30(19-47-33)52-11-12-53-3)22(2)25-14-28(35(40,41)42)17-29(15-25)36(43,44)45/h9-10,14-19,22-24H,4-8,11-13,20-21H2,1-3H3,(H,50,51)/t22-,23?,24?/m1/s1. The molecule has 17 heteroatoms. The molecule has 7 nitrogen and oxygen atoms in total. The molecular formula is C36H41F9N4O3S. The fourth-order valence-corrected chi connectivity index (χ4v) is 6.76. The minimum atomic E-state index is -5.13. The number of ether oxygens (including phenoxy) is 1. The van der Waals surface area contributed by atoms with E-state index in [1.165, 1.54) is 42.0 Å². The second kappa shape index (κ2) is 17.5. The molecule has 1 N–H and O–H groups in total. The normalized spacial score (nSPS) is 17.4. The van der Waals surface area contributed by atoms with Crippen molar-refractivity contribution in [3.05, 3.63) is 76.6 Å².